The maximum atomic E-state index is 11.8. The number of carbonyl (C=O) groups excluding carboxylic acids is 1. The van der Waals surface area contributed by atoms with Crippen LogP contribution in [-0.2, 0) is 16.1 Å². The first-order chi connectivity index (χ1) is 10.1. The lowest BCUT2D eigenvalue weighted by Crippen LogP contribution is -2.36. The molecule has 0 unspecified atom stereocenters. The fourth-order valence-corrected chi connectivity index (χ4v) is 1.88. The Bertz CT molecular complexity index is 475. The molecule has 0 saturated carbocycles. The van der Waals surface area contributed by atoms with E-state index in [4.69, 9.17) is 10.00 Å². The molecule has 0 aliphatic rings. The van der Waals surface area contributed by atoms with Gasteiger partial charge in [0.15, 0.2) is 0 Å². The summed E-state index contributed by atoms with van der Waals surface area (Å²) in [6.07, 6.45) is 1.93. The molecule has 0 atom stereocenters. The first-order valence-electron chi connectivity index (χ1n) is 7.45. The predicted octanol–water partition coefficient (Wildman–Crippen LogP) is 3.11. The second-order valence-electron chi connectivity index (χ2n) is 5.38. The van der Waals surface area contributed by atoms with Gasteiger partial charge in [-0.2, -0.15) is 5.26 Å². The fraction of sp³-hybridized carbons (Fsp3) is 0.529. The Morgan fingerprint density at radius 1 is 1.33 bits per heavy atom. The second kappa shape index (κ2) is 9.15. The van der Waals surface area contributed by atoms with Gasteiger partial charge in [0, 0.05) is 12.6 Å². The largest absolute Gasteiger partial charge is 0.465 e. The smallest absolute Gasteiger partial charge is 0.320 e. The fourth-order valence-electron chi connectivity index (χ4n) is 1.88. The second-order valence-corrected chi connectivity index (χ2v) is 5.38. The molecule has 0 saturated heterocycles. The quantitative estimate of drug-likeness (QED) is 0.545. The van der Waals surface area contributed by atoms with Crippen LogP contribution in [0.2, 0.25) is 0 Å². The van der Waals surface area contributed by atoms with E-state index in [9.17, 15) is 4.79 Å². The molecule has 0 N–H and O–H groups in total. The molecule has 0 heterocycles. The zero-order valence-corrected chi connectivity index (χ0v) is 13.1. The molecule has 1 rings (SSSR count). The SMILES string of the molecule is CCCCOC(=O)CN(Cc1ccc(C#N)cc1)C(C)C. The third-order valence-electron chi connectivity index (χ3n) is 3.29. The van der Waals surface area contributed by atoms with Crippen LogP contribution in [0, 0.1) is 11.3 Å². The van der Waals surface area contributed by atoms with Gasteiger partial charge in [-0.1, -0.05) is 25.5 Å². The molecule has 0 aliphatic carbocycles. The molecule has 114 valence electrons. The molecule has 1 aromatic carbocycles. The van der Waals surface area contributed by atoms with Gasteiger partial charge in [0.05, 0.1) is 24.8 Å². The van der Waals surface area contributed by atoms with Gasteiger partial charge < -0.3 is 4.74 Å². The van der Waals surface area contributed by atoms with Gasteiger partial charge in [-0.05, 0) is 38.0 Å². The van der Waals surface area contributed by atoms with Crippen LogP contribution in [0.5, 0.6) is 0 Å². The highest BCUT2D eigenvalue weighted by Gasteiger charge is 2.15. The zero-order valence-electron chi connectivity index (χ0n) is 13.1. The van der Waals surface area contributed by atoms with Crippen molar-refractivity contribution in [2.45, 2.75) is 46.2 Å². The van der Waals surface area contributed by atoms with Gasteiger partial charge in [-0.25, -0.2) is 0 Å². The Balaban J connectivity index is 2.56. The Labute approximate surface area is 127 Å². The number of carbonyl (C=O) groups is 1. The maximum Gasteiger partial charge on any atom is 0.320 e. The summed E-state index contributed by atoms with van der Waals surface area (Å²) in [4.78, 5) is 13.9. The molecule has 4 heteroatoms. The van der Waals surface area contributed by atoms with E-state index in [0.717, 1.165) is 18.4 Å². The molecule has 0 spiro atoms. The van der Waals surface area contributed by atoms with Crippen LogP contribution in [0.1, 0.15) is 44.7 Å². The van der Waals surface area contributed by atoms with Gasteiger partial charge >= 0.3 is 5.97 Å². The van der Waals surface area contributed by atoms with E-state index >= 15 is 0 Å². The lowest BCUT2D eigenvalue weighted by Gasteiger charge is -2.25. The molecule has 4 nitrogen and oxygen atoms in total. The van der Waals surface area contributed by atoms with E-state index < -0.39 is 0 Å². The van der Waals surface area contributed by atoms with Gasteiger partial charge in [0.1, 0.15) is 0 Å². The normalized spacial score (nSPS) is 10.7. The molecular formula is C17H24N2O2. The van der Waals surface area contributed by atoms with Crippen molar-refractivity contribution in [1.29, 1.82) is 5.26 Å². The van der Waals surface area contributed by atoms with Crippen LogP contribution in [0.15, 0.2) is 24.3 Å². The Hall–Kier alpha value is -1.86. The van der Waals surface area contributed by atoms with Crippen molar-refractivity contribution in [2.75, 3.05) is 13.2 Å². The average molecular weight is 288 g/mol. The number of benzene rings is 1. The lowest BCUT2D eigenvalue weighted by atomic mass is 10.1. The van der Waals surface area contributed by atoms with E-state index in [0.29, 0.717) is 25.3 Å². The van der Waals surface area contributed by atoms with E-state index in [1.54, 1.807) is 12.1 Å². The van der Waals surface area contributed by atoms with Crippen molar-refractivity contribution >= 4 is 5.97 Å². The van der Waals surface area contributed by atoms with Crippen molar-refractivity contribution in [2.24, 2.45) is 0 Å². The zero-order chi connectivity index (χ0) is 15.7. The minimum absolute atomic E-state index is 0.175. The molecule has 0 aliphatic heterocycles. The van der Waals surface area contributed by atoms with Gasteiger partial charge in [0.25, 0.3) is 0 Å². The summed E-state index contributed by atoms with van der Waals surface area (Å²) in [5.41, 5.74) is 1.73. The van der Waals surface area contributed by atoms with Crippen LogP contribution >= 0.6 is 0 Å². The number of nitrogens with zero attached hydrogens (tertiary/aromatic N) is 2. The summed E-state index contributed by atoms with van der Waals surface area (Å²) in [6, 6.07) is 9.80. The Kier molecular flexibility index (Phi) is 7.49. The summed E-state index contributed by atoms with van der Waals surface area (Å²) < 4.78 is 5.21. The monoisotopic (exact) mass is 288 g/mol. The third kappa shape index (κ3) is 6.42. The van der Waals surface area contributed by atoms with E-state index in [2.05, 4.69) is 31.7 Å². The van der Waals surface area contributed by atoms with Crippen molar-refractivity contribution < 1.29 is 9.53 Å². The van der Waals surface area contributed by atoms with Gasteiger partial charge in [-0.3, -0.25) is 9.69 Å². The van der Waals surface area contributed by atoms with E-state index in [1.165, 1.54) is 0 Å². The maximum absolute atomic E-state index is 11.8. The number of nitriles is 1. The van der Waals surface area contributed by atoms with E-state index in [-0.39, 0.29) is 12.0 Å². The minimum atomic E-state index is -0.175. The third-order valence-corrected chi connectivity index (χ3v) is 3.29. The number of hydrogen-bond donors (Lipinski definition) is 0. The number of esters is 1. The van der Waals surface area contributed by atoms with Crippen molar-refractivity contribution in [3.8, 4) is 6.07 Å². The molecular weight excluding hydrogens is 264 g/mol. The number of ether oxygens (including phenoxy) is 1. The number of unbranched alkanes of at least 4 members (excludes halogenated alkanes) is 1. The Morgan fingerprint density at radius 3 is 2.52 bits per heavy atom. The molecule has 21 heavy (non-hydrogen) atoms. The molecule has 0 radical (unpaired) electrons. The highest BCUT2D eigenvalue weighted by Crippen LogP contribution is 2.10. The molecule has 0 aromatic heterocycles. The highest BCUT2D eigenvalue weighted by atomic mass is 16.5. The summed E-state index contributed by atoms with van der Waals surface area (Å²) in [5, 5.41) is 8.80. The minimum Gasteiger partial charge on any atom is -0.465 e. The van der Waals surface area contributed by atoms with Gasteiger partial charge in [0.2, 0.25) is 0 Å². The summed E-state index contributed by atoms with van der Waals surface area (Å²) in [6.45, 7) is 7.65. The first kappa shape index (κ1) is 17.2. The van der Waals surface area contributed by atoms with Crippen LogP contribution in [0.4, 0.5) is 0 Å². The Morgan fingerprint density at radius 2 is 2.00 bits per heavy atom. The molecule has 0 amide bonds. The van der Waals surface area contributed by atoms with Crippen LogP contribution in [-0.4, -0.2) is 30.1 Å². The van der Waals surface area contributed by atoms with Crippen LogP contribution < -0.4 is 0 Å². The van der Waals surface area contributed by atoms with Crippen LogP contribution in [0.3, 0.4) is 0 Å². The highest BCUT2D eigenvalue weighted by molar-refractivity contribution is 5.71. The average Bonchev–Trinajstić information content (AvgIpc) is 2.47. The standard InChI is InChI=1S/C17H24N2O2/c1-4-5-10-21-17(20)13-19(14(2)3)12-16-8-6-15(11-18)7-9-16/h6-9,14H,4-5,10,12-13H2,1-3H3. The first-order valence-corrected chi connectivity index (χ1v) is 7.45. The summed E-state index contributed by atoms with van der Waals surface area (Å²) in [7, 11) is 0. The number of rotatable bonds is 8. The van der Waals surface area contributed by atoms with Crippen molar-refractivity contribution in [1.82, 2.24) is 4.90 Å². The lowest BCUT2D eigenvalue weighted by molar-refractivity contribution is -0.145. The summed E-state index contributed by atoms with van der Waals surface area (Å²) in [5.74, 6) is -0.175. The number of hydrogen-bond acceptors (Lipinski definition) is 4. The topological polar surface area (TPSA) is 53.3 Å². The van der Waals surface area contributed by atoms with Gasteiger partial charge in [-0.15, -0.1) is 0 Å². The van der Waals surface area contributed by atoms with Crippen molar-refractivity contribution in [3.63, 3.8) is 0 Å². The molecule has 0 fully saturated rings. The predicted molar refractivity (Wildman–Crippen MR) is 82.6 cm³/mol. The van der Waals surface area contributed by atoms with Crippen molar-refractivity contribution in [3.05, 3.63) is 35.4 Å². The van der Waals surface area contributed by atoms with E-state index in [1.807, 2.05) is 12.1 Å². The van der Waals surface area contributed by atoms with Crippen LogP contribution in [0.25, 0.3) is 0 Å². The summed E-state index contributed by atoms with van der Waals surface area (Å²) >= 11 is 0. The molecule has 1 aromatic rings. The molecule has 0 bridgehead atoms.